The van der Waals surface area contributed by atoms with Crippen LogP contribution in [0.15, 0.2) is 12.1 Å². The highest BCUT2D eigenvalue weighted by atomic mass is 35.5. The van der Waals surface area contributed by atoms with Crippen LogP contribution in [-0.2, 0) is 9.53 Å². The fourth-order valence-corrected chi connectivity index (χ4v) is 3.04. The number of carbonyl (C=O) groups is 1. The summed E-state index contributed by atoms with van der Waals surface area (Å²) >= 11 is 11.9. The van der Waals surface area contributed by atoms with Crippen molar-refractivity contribution in [2.75, 3.05) is 19.7 Å². The second-order valence-corrected chi connectivity index (χ2v) is 6.66. The van der Waals surface area contributed by atoms with Gasteiger partial charge in [-0.2, -0.15) is 0 Å². The fourth-order valence-electron chi connectivity index (χ4n) is 2.53. The molecule has 2 N–H and O–H groups in total. The quantitative estimate of drug-likeness (QED) is 0.783. The first-order valence-electron chi connectivity index (χ1n) is 7.65. The highest BCUT2D eigenvalue weighted by Gasteiger charge is 2.31. The highest BCUT2D eigenvalue weighted by molar-refractivity contribution is 6.35. The first-order valence-corrected chi connectivity index (χ1v) is 8.41. The van der Waals surface area contributed by atoms with E-state index in [0.29, 0.717) is 30.3 Å². The molecule has 1 aliphatic rings. The second kappa shape index (κ2) is 9.20. The monoisotopic (exact) mass is 398 g/mol. The first kappa shape index (κ1) is 21.5. The van der Waals surface area contributed by atoms with E-state index >= 15 is 0 Å². The van der Waals surface area contributed by atoms with E-state index in [4.69, 9.17) is 33.7 Å². The van der Waals surface area contributed by atoms with Crippen LogP contribution in [0.3, 0.4) is 0 Å². The van der Waals surface area contributed by atoms with Crippen LogP contribution in [0.25, 0.3) is 0 Å². The van der Waals surface area contributed by atoms with Gasteiger partial charge in [0.25, 0.3) is 0 Å². The molecule has 8 heteroatoms. The van der Waals surface area contributed by atoms with Crippen molar-refractivity contribution < 1.29 is 13.9 Å². The van der Waals surface area contributed by atoms with E-state index < -0.39 is 18.0 Å². The molecule has 0 aliphatic carbocycles. The average Bonchev–Trinajstić information content (AvgIpc) is 2.56. The summed E-state index contributed by atoms with van der Waals surface area (Å²) < 4.78 is 19.4. The molecule has 3 unspecified atom stereocenters. The maximum absolute atomic E-state index is 13.7. The van der Waals surface area contributed by atoms with Gasteiger partial charge in [0.2, 0.25) is 5.91 Å². The lowest BCUT2D eigenvalue weighted by molar-refractivity contribution is -0.141. The van der Waals surface area contributed by atoms with Crippen molar-refractivity contribution in [3.63, 3.8) is 0 Å². The molecule has 1 aromatic rings. The molecule has 136 valence electrons. The number of halogens is 4. The zero-order valence-electron chi connectivity index (χ0n) is 13.6. The molecule has 0 bridgehead atoms. The van der Waals surface area contributed by atoms with Crippen LogP contribution in [0.4, 0.5) is 4.39 Å². The molecule has 0 radical (unpaired) electrons. The van der Waals surface area contributed by atoms with Crippen molar-refractivity contribution in [3.8, 4) is 0 Å². The third-order valence-corrected chi connectivity index (χ3v) is 4.92. The molecule has 1 fully saturated rings. The molecule has 1 amide bonds. The Morgan fingerprint density at radius 3 is 2.75 bits per heavy atom. The Kier molecular flexibility index (Phi) is 8.23. The van der Waals surface area contributed by atoms with Gasteiger partial charge in [-0.15, -0.1) is 12.4 Å². The summed E-state index contributed by atoms with van der Waals surface area (Å²) in [7, 11) is 0. The molecule has 0 aromatic heterocycles. The van der Waals surface area contributed by atoms with Gasteiger partial charge in [-0.25, -0.2) is 4.39 Å². The minimum Gasteiger partial charge on any atom is -0.370 e. The third-order valence-electron chi connectivity index (χ3n) is 4.31. The van der Waals surface area contributed by atoms with Crippen LogP contribution in [0, 0.1) is 11.7 Å². The average molecular weight is 400 g/mol. The van der Waals surface area contributed by atoms with Gasteiger partial charge in [0, 0.05) is 17.1 Å². The first-order chi connectivity index (χ1) is 10.8. The molecule has 2 rings (SSSR count). The number of hydrogen-bond acceptors (Lipinski definition) is 3. The summed E-state index contributed by atoms with van der Waals surface area (Å²) in [5, 5.41) is 0.281. The lowest BCUT2D eigenvalue weighted by Crippen LogP contribution is -2.51. The van der Waals surface area contributed by atoms with Gasteiger partial charge < -0.3 is 15.4 Å². The Morgan fingerprint density at radius 2 is 2.12 bits per heavy atom. The van der Waals surface area contributed by atoms with Crippen LogP contribution in [-0.4, -0.2) is 36.5 Å². The summed E-state index contributed by atoms with van der Waals surface area (Å²) in [4.78, 5) is 14.2. The molecule has 1 aliphatic heterocycles. The minimum absolute atomic E-state index is 0. The molecule has 0 saturated carbocycles. The van der Waals surface area contributed by atoms with Crippen molar-refractivity contribution in [2.45, 2.75) is 32.4 Å². The lowest BCUT2D eigenvalue weighted by atomic mass is 9.98. The third kappa shape index (κ3) is 4.73. The standard InChI is InChI=1S/C16H21Cl2FN2O2.ClH/c1-3-9(2)15(20)16(22)21-4-5-23-14(8-21)10-6-13(19)12(18)7-11(10)17;/h6-7,9,14-15H,3-5,8,20H2,1-2H3;1H. The highest BCUT2D eigenvalue weighted by Crippen LogP contribution is 2.32. The number of benzene rings is 1. The zero-order chi connectivity index (χ0) is 17.1. The Bertz CT molecular complexity index is 589. The largest absolute Gasteiger partial charge is 0.370 e. The maximum atomic E-state index is 13.7. The van der Waals surface area contributed by atoms with E-state index in [0.717, 1.165) is 6.42 Å². The number of rotatable bonds is 4. The van der Waals surface area contributed by atoms with Crippen LogP contribution in [0.5, 0.6) is 0 Å². The van der Waals surface area contributed by atoms with Crippen molar-refractivity contribution in [1.82, 2.24) is 4.90 Å². The summed E-state index contributed by atoms with van der Waals surface area (Å²) in [5.74, 6) is -0.576. The molecule has 24 heavy (non-hydrogen) atoms. The number of nitrogens with zero attached hydrogens (tertiary/aromatic N) is 1. The number of amides is 1. The van der Waals surface area contributed by atoms with E-state index in [9.17, 15) is 9.18 Å². The van der Waals surface area contributed by atoms with E-state index in [-0.39, 0.29) is 29.3 Å². The molecule has 0 spiro atoms. The van der Waals surface area contributed by atoms with Crippen molar-refractivity contribution in [3.05, 3.63) is 33.6 Å². The topological polar surface area (TPSA) is 55.6 Å². The molecular weight excluding hydrogens is 378 g/mol. The molecular formula is C16H22Cl3FN2O2. The zero-order valence-corrected chi connectivity index (χ0v) is 15.9. The molecule has 1 aromatic carbocycles. The SMILES string of the molecule is CCC(C)C(N)C(=O)N1CCOC(c2cc(F)c(Cl)cc2Cl)C1.Cl. The van der Waals surface area contributed by atoms with Gasteiger partial charge in [-0.05, 0) is 18.1 Å². The number of carbonyl (C=O) groups excluding carboxylic acids is 1. The maximum Gasteiger partial charge on any atom is 0.239 e. The van der Waals surface area contributed by atoms with E-state index in [1.165, 1.54) is 12.1 Å². The predicted molar refractivity (Wildman–Crippen MR) is 96.4 cm³/mol. The summed E-state index contributed by atoms with van der Waals surface area (Å²) in [6, 6.07) is 2.07. The second-order valence-electron chi connectivity index (χ2n) is 5.84. The number of morpholine rings is 1. The van der Waals surface area contributed by atoms with Crippen molar-refractivity contribution >= 4 is 41.5 Å². The summed E-state index contributed by atoms with van der Waals surface area (Å²) in [6.45, 7) is 5.06. The molecule has 1 saturated heterocycles. The van der Waals surface area contributed by atoms with E-state index in [2.05, 4.69) is 0 Å². The number of hydrogen-bond donors (Lipinski definition) is 1. The van der Waals surface area contributed by atoms with E-state index in [1.807, 2.05) is 13.8 Å². The predicted octanol–water partition coefficient (Wildman–Crippen LogP) is 3.83. The lowest BCUT2D eigenvalue weighted by Gasteiger charge is -2.35. The Hall–Kier alpha value is -0.590. The molecule has 1 heterocycles. The van der Waals surface area contributed by atoms with Gasteiger partial charge in [0.05, 0.1) is 24.2 Å². The molecule has 3 atom stereocenters. The number of ether oxygens (including phenoxy) is 1. The van der Waals surface area contributed by atoms with Crippen LogP contribution < -0.4 is 5.73 Å². The van der Waals surface area contributed by atoms with Crippen LogP contribution in [0.2, 0.25) is 10.0 Å². The van der Waals surface area contributed by atoms with Gasteiger partial charge in [-0.1, -0.05) is 43.5 Å². The Labute approximate surface area is 157 Å². The van der Waals surface area contributed by atoms with Gasteiger partial charge in [0.1, 0.15) is 11.9 Å². The van der Waals surface area contributed by atoms with Crippen LogP contribution in [0.1, 0.15) is 31.9 Å². The Balaban J connectivity index is 0.00000288. The summed E-state index contributed by atoms with van der Waals surface area (Å²) in [5.41, 5.74) is 6.51. The van der Waals surface area contributed by atoms with Crippen LogP contribution >= 0.6 is 35.6 Å². The van der Waals surface area contributed by atoms with Gasteiger partial charge >= 0.3 is 0 Å². The fraction of sp³-hybridized carbons (Fsp3) is 0.562. The number of nitrogens with two attached hydrogens (primary N) is 1. The summed E-state index contributed by atoms with van der Waals surface area (Å²) in [6.07, 6.45) is 0.339. The smallest absolute Gasteiger partial charge is 0.239 e. The van der Waals surface area contributed by atoms with Crippen molar-refractivity contribution in [2.24, 2.45) is 11.7 Å². The molecule has 4 nitrogen and oxygen atoms in total. The van der Waals surface area contributed by atoms with Gasteiger partial charge in [-0.3, -0.25) is 4.79 Å². The van der Waals surface area contributed by atoms with Crippen molar-refractivity contribution in [1.29, 1.82) is 0 Å². The Morgan fingerprint density at radius 1 is 1.46 bits per heavy atom. The van der Waals surface area contributed by atoms with E-state index in [1.54, 1.807) is 4.90 Å². The van der Waals surface area contributed by atoms with Gasteiger partial charge in [0.15, 0.2) is 0 Å². The minimum atomic E-state index is -0.561. The normalized spacial score (nSPS) is 20.2.